The number of ether oxygens (including phenoxy) is 2. The lowest BCUT2D eigenvalue weighted by Crippen LogP contribution is -3.13. The van der Waals surface area contributed by atoms with Gasteiger partial charge in [-0.2, -0.15) is 0 Å². The van der Waals surface area contributed by atoms with E-state index in [1.807, 2.05) is 6.92 Å². The van der Waals surface area contributed by atoms with Gasteiger partial charge in [-0.25, -0.2) is 0 Å². The summed E-state index contributed by atoms with van der Waals surface area (Å²) in [6.45, 7) is 2.88. The second kappa shape index (κ2) is 10.5. The fourth-order valence-electron chi connectivity index (χ4n) is 2.62. The van der Waals surface area contributed by atoms with E-state index in [2.05, 4.69) is 10.6 Å². The highest BCUT2D eigenvalue weighted by molar-refractivity contribution is 6.32. The highest BCUT2D eigenvalue weighted by Gasteiger charge is 2.17. The van der Waals surface area contributed by atoms with E-state index in [9.17, 15) is 9.59 Å². The standard InChI is InChI=1S/C20H24ClN3O4/c1-4-24(12-19(25)22-14-6-5-7-16(10-14)27-2)13-20(26)23-15-8-9-18(28-3)17(21)11-15/h5-11H,4,12-13H2,1-3H3,(H,22,25)(H,23,26)/p+1. The molecule has 2 rings (SSSR count). The van der Waals surface area contributed by atoms with E-state index in [-0.39, 0.29) is 24.9 Å². The first-order valence-corrected chi connectivity index (χ1v) is 9.23. The lowest BCUT2D eigenvalue weighted by molar-refractivity contribution is -0.881. The molecule has 1 unspecified atom stereocenters. The van der Waals surface area contributed by atoms with Gasteiger partial charge >= 0.3 is 0 Å². The van der Waals surface area contributed by atoms with Crippen molar-refractivity contribution in [3.8, 4) is 11.5 Å². The number of methoxy groups -OCH3 is 2. The van der Waals surface area contributed by atoms with Crippen LogP contribution in [0.25, 0.3) is 0 Å². The molecule has 8 heteroatoms. The molecule has 0 aliphatic rings. The van der Waals surface area contributed by atoms with Crippen LogP contribution in [0.15, 0.2) is 42.5 Å². The van der Waals surface area contributed by atoms with Crippen molar-refractivity contribution in [2.75, 3.05) is 44.5 Å². The molecule has 0 saturated carbocycles. The van der Waals surface area contributed by atoms with Crippen LogP contribution in [-0.2, 0) is 9.59 Å². The summed E-state index contributed by atoms with van der Waals surface area (Å²) in [5.74, 6) is 0.822. The molecule has 2 aromatic rings. The van der Waals surface area contributed by atoms with Crippen molar-refractivity contribution in [2.45, 2.75) is 6.92 Å². The zero-order chi connectivity index (χ0) is 20.5. The van der Waals surface area contributed by atoms with E-state index in [1.54, 1.807) is 49.6 Å². The lowest BCUT2D eigenvalue weighted by Gasteiger charge is -2.17. The monoisotopic (exact) mass is 406 g/mol. The summed E-state index contributed by atoms with van der Waals surface area (Å²) >= 11 is 6.07. The first-order valence-electron chi connectivity index (χ1n) is 8.86. The van der Waals surface area contributed by atoms with E-state index in [4.69, 9.17) is 21.1 Å². The topological polar surface area (TPSA) is 81.1 Å². The number of likely N-dealkylation sites (N-methyl/N-ethyl adjacent to an activating group) is 1. The van der Waals surface area contributed by atoms with Gasteiger partial charge in [-0.3, -0.25) is 9.59 Å². The fraction of sp³-hybridized carbons (Fsp3) is 0.300. The van der Waals surface area contributed by atoms with E-state index in [0.29, 0.717) is 34.4 Å². The summed E-state index contributed by atoms with van der Waals surface area (Å²) < 4.78 is 10.2. The summed E-state index contributed by atoms with van der Waals surface area (Å²) in [6.07, 6.45) is 0. The highest BCUT2D eigenvalue weighted by Crippen LogP contribution is 2.27. The van der Waals surface area contributed by atoms with E-state index < -0.39 is 0 Å². The Morgan fingerprint density at radius 2 is 1.61 bits per heavy atom. The van der Waals surface area contributed by atoms with Crippen LogP contribution in [0.3, 0.4) is 0 Å². The number of amides is 2. The SMILES string of the molecule is CC[NH+](CC(=O)Nc1cccc(OC)c1)CC(=O)Nc1ccc(OC)c(Cl)c1. The maximum absolute atomic E-state index is 12.3. The number of hydrogen-bond donors (Lipinski definition) is 3. The molecule has 0 radical (unpaired) electrons. The molecule has 0 spiro atoms. The van der Waals surface area contributed by atoms with Gasteiger partial charge in [0.05, 0.1) is 25.8 Å². The van der Waals surface area contributed by atoms with Crippen molar-refractivity contribution in [1.82, 2.24) is 0 Å². The smallest absolute Gasteiger partial charge is 0.279 e. The first kappa shape index (κ1) is 21.5. The molecule has 0 bridgehead atoms. The molecule has 0 saturated heterocycles. The minimum atomic E-state index is -0.202. The second-order valence-corrected chi connectivity index (χ2v) is 6.54. The van der Waals surface area contributed by atoms with E-state index in [0.717, 1.165) is 4.90 Å². The van der Waals surface area contributed by atoms with Gasteiger partial charge in [0.2, 0.25) is 0 Å². The Morgan fingerprint density at radius 1 is 0.964 bits per heavy atom. The van der Waals surface area contributed by atoms with Gasteiger partial charge in [0.1, 0.15) is 11.5 Å². The molecule has 2 aromatic carbocycles. The number of rotatable bonds is 9. The lowest BCUT2D eigenvalue weighted by atomic mass is 10.3. The van der Waals surface area contributed by atoms with Crippen molar-refractivity contribution in [1.29, 1.82) is 0 Å². The molecule has 7 nitrogen and oxygen atoms in total. The Hall–Kier alpha value is -2.77. The molecule has 2 amide bonds. The van der Waals surface area contributed by atoms with Crippen molar-refractivity contribution in [3.63, 3.8) is 0 Å². The Bertz CT molecular complexity index is 829. The minimum absolute atomic E-state index is 0.158. The molecule has 0 aliphatic carbocycles. The van der Waals surface area contributed by atoms with Crippen LogP contribution in [0.4, 0.5) is 11.4 Å². The maximum atomic E-state index is 12.3. The van der Waals surface area contributed by atoms with Gasteiger partial charge in [0.15, 0.2) is 13.1 Å². The number of carbonyl (C=O) groups is 2. The maximum Gasteiger partial charge on any atom is 0.279 e. The van der Waals surface area contributed by atoms with E-state index in [1.165, 1.54) is 7.11 Å². The number of hydrogen-bond acceptors (Lipinski definition) is 4. The fourth-order valence-corrected chi connectivity index (χ4v) is 2.88. The number of quaternary nitrogens is 1. The third-order valence-electron chi connectivity index (χ3n) is 4.11. The second-order valence-electron chi connectivity index (χ2n) is 6.13. The zero-order valence-electron chi connectivity index (χ0n) is 16.2. The summed E-state index contributed by atoms with van der Waals surface area (Å²) in [6, 6.07) is 12.1. The van der Waals surface area contributed by atoms with Crippen molar-refractivity contribution < 1.29 is 24.0 Å². The summed E-state index contributed by atoms with van der Waals surface area (Å²) in [7, 11) is 3.09. The quantitative estimate of drug-likeness (QED) is 0.593. The van der Waals surface area contributed by atoms with Crippen molar-refractivity contribution in [3.05, 3.63) is 47.5 Å². The predicted molar refractivity (Wildman–Crippen MR) is 109 cm³/mol. The number of carbonyl (C=O) groups excluding carboxylic acids is 2. The molecule has 3 N–H and O–H groups in total. The van der Waals surface area contributed by atoms with Crippen LogP contribution in [0.5, 0.6) is 11.5 Å². The third kappa shape index (κ3) is 6.44. The number of benzene rings is 2. The van der Waals surface area contributed by atoms with Crippen molar-refractivity contribution >= 4 is 34.8 Å². The number of nitrogens with one attached hydrogen (secondary N) is 3. The highest BCUT2D eigenvalue weighted by atomic mass is 35.5. The molecule has 0 aliphatic heterocycles. The average Bonchev–Trinajstić information content (AvgIpc) is 2.67. The van der Waals surface area contributed by atoms with Crippen LogP contribution in [-0.4, -0.2) is 45.7 Å². The van der Waals surface area contributed by atoms with Crippen LogP contribution < -0.4 is 25.0 Å². The van der Waals surface area contributed by atoms with Crippen LogP contribution in [0, 0.1) is 0 Å². The normalized spacial score (nSPS) is 11.4. The third-order valence-corrected chi connectivity index (χ3v) is 4.41. The number of halogens is 1. The van der Waals surface area contributed by atoms with Gasteiger partial charge in [0.25, 0.3) is 11.8 Å². The first-order chi connectivity index (χ1) is 13.4. The van der Waals surface area contributed by atoms with Crippen LogP contribution in [0.2, 0.25) is 5.02 Å². The molecule has 150 valence electrons. The number of anilines is 2. The molecular weight excluding hydrogens is 382 g/mol. The molecule has 0 heterocycles. The Kier molecular flexibility index (Phi) is 8.10. The van der Waals surface area contributed by atoms with Gasteiger partial charge < -0.3 is 25.0 Å². The van der Waals surface area contributed by atoms with Gasteiger partial charge in [-0.15, -0.1) is 0 Å². The van der Waals surface area contributed by atoms with Gasteiger partial charge in [0, 0.05) is 17.4 Å². The summed E-state index contributed by atoms with van der Waals surface area (Å²) in [5.41, 5.74) is 1.23. The predicted octanol–water partition coefficient (Wildman–Crippen LogP) is 1.84. The molecular formula is C20H25ClN3O4+. The average molecular weight is 407 g/mol. The van der Waals surface area contributed by atoms with Crippen LogP contribution in [0.1, 0.15) is 6.92 Å². The molecule has 28 heavy (non-hydrogen) atoms. The van der Waals surface area contributed by atoms with Crippen LogP contribution >= 0.6 is 11.6 Å². The Morgan fingerprint density at radius 3 is 2.14 bits per heavy atom. The van der Waals surface area contributed by atoms with E-state index >= 15 is 0 Å². The molecule has 0 fully saturated rings. The molecule has 1 atom stereocenters. The van der Waals surface area contributed by atoms with Crippen molar-refractivity contribution in [2.24, 2.45) is 0 Å². The Balaban J connectivity index is 1.89. The Labute approximate surface area is 169 Å². The summed E-state index contributed by atoms with van der Waals surface area (Å²) in [4.78, 5) is 25.4. The minimum Gasteiger partial charge on any atom is -0.497 e. The zero-order valence-corrected chi connectivity index (χ0v) is 16.9. The largest absolute Gasteiger partial charge is 0.497 e. The summed E-state index contributed by atoms with van der Waals surface area (Å²) in [5, 5.41) is 6.03. The van der Waals surface area contributed by atoms with Gasteiger partial charge in [-0.05, 0) is 37.3 Å². The van der Waals surface area contributed by atoms with Gasteiger partial charge in [-0.1, -0.05) is 17.7 Å². The molecule has 0 aromatic heterocycles.